The molecule has 0 spiro atoms. The van der Waals surface area contributed by atoms with Crippen LogP contribution in [0.15, 0.2) is 28.7 Å². The van der Waals surface area contributed by atoms with Crippen LogP contribution in [0.4, 0.5) is 6.01 Å². The minimum absolute atomic E-state index is 0.0485. The van der Waals surface area contributed by atoms with Crippen LogP contribution < -0.4 is 4.90 Å². The molecular weight excluding hydrogens is 276 g/mol. The molecule has 3 rings (SSSR count). The van der Waals surface area contributed by atoms with Crippen LogP contribution in [-0.4, -0.2) is 26.5 Å². The van der Waals surface area contributed by atoms with E-state index in [0.29, 0.717) is 5.89 Å². The lowest BCUT2D eigenvalue weighted by atomic mass is 10.1. The van der Waals surface area contributed by atoms with Crippen LogP contribution in [0, 0.1) is 12.3 Å². The lowest BCUT2D eigenvalue weighted by molar-refractivity contribution is -0.116. The minimum atomic E-state index is -0.294. The van der Waals surface area contributed by atoms with E-state index in [1.165, 1.54) is 11.8 Å². The SMILES string of the molecule is Cc1ccc(-c2nnc(N3C(=N)SC(C)C3=O)o2)cc1. The first-order valence-corrected chi connectivity index (χ1v) is 6.94. The van der Waals surface area contributed by atoms with Crippen LogP contribution in [0.25, 0.3) is 11.5 Å². The van der Waals surface area contributed by atoms with E-state index in [2.05, 4.69) is 10.2 Å². The molecule has 1 aromatic heterocycles. The average molecular weight is 288 g/mol. The molecule has 0 radical (unpaired) electrons. The molecule has 0 bridgehead atoms. The summed E-state index contributed by atoms with van der Waals surface area (Å²) in [7, 11) is 0. The Morgan fingerprint density at radius 1 is 1.30 bits per heavy atom. The number of hydrogen-bond donors (Lipinski definition) is 1. The highest BCUT2D eigenvalue weighted by atomic mass is 32.2. The third-order valence-electron chi connectivity index (χ3n) is 2.96. The second kappa shape index (κ2) is 4.75. The second-order valence-corrected chi connectivity index (χ2v) is 5.82. The number of anilines is 1. The van der Waals surface area contributed by atoms with Crippen molar-refractivity contribution >= 4 is 28.9 Å². The first-order chi connectivity index (χ1) is 9.56. The van der Waals surface area contributed by atoms with Crippen LogP contribution in [0.5, 0.6) is 0 Å². The van der Waals surface area contributed by atoms with E-state index in [-0.39, 0.29) is 22.3 Å². The zero-order valence-corrected chi connectivity index (χ0v) is 11.8. The maximum absolute atomic E-state index is 11.9. The molecule has 1 aromatic carbocycles. The van der Waals surface area contributed by atoms with E-state index >= 15 is 0 Å². The summed E-state index contributed by atoms with van der Waals surface area (Å²) in [6.45, 7) is 3.74. The summed E-state index contributed by atoms with van der Waals surface area (Å²) in [5.74, 6) is 0.129. The largest absolute Gasteiger partial charge is 0.403 e. The van der Waals surface area contributed by atoms with Gasteiger partial charge in [-0.2, -0.15) is 0 Å². The highest BCUT2D eigenvalue weighted by molar-refractivity contribution is 8.16. The van der Waals surface area contributed by atoms with Crippen molar-refractivity contribution < 1.29 is 9.21 Å². The van der Waals surface area contributed by atoms with Crippen molar-refractivity contribution in [3.63, 3.8) is 0 Å². The van der Waals surface area contributed by atoms with Gasteiger partial charge in [0.05, 0.1) is 5.25 Å². The summed E-state index contributed by atoms with van der Waals surface area (Å²) in [5, 5.41) is 15.4. The summed E-state index contributed by atoms with van der Waals surface area (Å²) in [6.07, 6.45) is 0. The van der Waals surface area contributed by atoms with Crippen molar-refractivity contribution in [1.29, 1.82) is 5.41 Å². The quantitative estimate of drug-likeness (QED) is 0.917. The molecule has 0 saturated carbocycles. The molecule has 1 N–H and O–H groups in total. The number of amides is 1. The number of aryl methyl sites for hydroxylation is 1. The Labute approximate surface area is 119 Å². The molecule has 1 saturated heterocycles. The maximum atomic E-state index is 11.9. The van der Waals surface area contributed by atoms with Gasteiger partial charge >= 0.3 is 6.01 Å². The highest BCUT2D eigenvalue weighted by Crippen LogP contribution is 2.31. The Hall–Kier alpha value is -2.15. The molecule has 1 atom stereocenters. The Bertz CT molecular complexity index is 680. The van der Waals surface area contributed by atoms with E-state index in [9.17, 15) is 4.79 Å². The van der Waals surface area contributed by atoms with E-state index in [4.69, 9.17) is 9.83 Å². The van der Waals surface area contributed by atoms with E-state index in [1.807, 2.05) is 31.2 Å². The van der Waals surface area contributed by atoms with Crippen molar-refractivity contribution in [1.82, 2.24) is 10.2 Å². The van der Waals surface area contributed by atoms with Gasteiger partial charge in [-0.3, -0.25) is 10.2 Å². The van der Waals surface area contributed by atoms with Crippen LogP contribution in [0.3, 0.4) is 0 Å². The van der Waals surface area contributed by atoms with Gasteiger partial charge in [-0.25, -0.2) is 4.90 Å². The second-order valence-electron chi connectivity index (χ2n) is 4.49. The average Bonchev–Trinajstić information content (AvgIpc) is 2.97. The van der Waals surface area contributed by atoms with Crippen LogP contribution >= 0.6 is 11.8 Å². The molecule has 7 heteroatoms. The van der Waals surface area contributed by atoms with Crippen molar-refractivity contribution in [2.75, 3.05) is 4.90 Å². The predicted molar refractivity (Wildman–Crippen MR) is 76.7 cm³/mol. The Balaban J connectivity index is 1.93. The maximum Gasteiger partial charge on any atom is 0.331 e. The van der Waals surface area contributed by atoms with Gasteiger partial charge in [0.25, 0.3) is 0 Å². The van der Waals surface area contributed by atoms with Crippen molar-refractivity contribution in [2.24, 2.45) is 0 Å². The van der Waals surface area contributed by atoms with Crippen LogP contribution in [0.2, 0.25) is 0 Å². The Morgan fingerprint density at radius 2 is 2.00 bits per heavy atom. The van der Waals surface area contributed by atoms with Crippen LogP contribution in [0.1, 0.15) is 12.5 Å². The van der Waals surface area contributed by atoms with Gasteiger partial charge in [-0.1, -0.05) is 34.6 Å². The lowest BCUT2D eigenvalue weighted by Crippen LogP contribution is -2.31. The number of nitrogens with zero attached hydrogens (tertiary/aromatic N) is 3. The van der Waals surface area contributed by atoms with E-state index in [0.717, 1.165) is 16.0 Å². The molecule has 1 fully saturated rings. The summed E-state index contributed by atoms with van der Waals surface area (Å²) in [4.78, 5) is 13.1. The van der Waals surface area contributed by atoms with Gasteiger partial charge in [0.2, 0.25) is 11.8 Å². The number of hydrogen-bond acceptors (Lipinski definition) is 6. The predicted octanol–water partition coefficient (Wildman–Crippen LogP) is 2.45. The number of aromatic nitrogens is 2. The standard InChI is InChI=1S/C13H12N4O2S/c1-7-3-5-9(6-4-7)10-15-16-13(19-10)17-11(18)8(2)20-12(17)14/h3-6,8,14H,1-2H3. The van der Waals surface area contributed by atoms with Crippen molar-refractivity contribution in [2.45, 2.75) is 19.1 Å². The third-order valence-corrected chi connectivity index (χ3v) is 3.92. The van der Waals surface area contributed by atoms with Gasteiger partial charge in [-0.15, -0.1) is 5.10 Å². The normalized spacial score (nSPS) is 18.9. The van der Waals surface area contributed by atoms with E-state index in [1.54, 1.807) is 6.92 Å². The van der Waals surface area contributed by atoms with Crippen molar-refractivity contribution in [3.05, 3.63) is 29.8 Å². The van der Waals surface area contributed by atoms with Crippen molar-refractivity contribution in [3.8, 4) is 11.5 Å². The molecule has 102 valence electrons. The molecular formula is C13H12N4O2S. The molecule has 1 unspecified atom stereocenters. The smallest absolute Gasteiger partial charge is 0.331 e. The topological polar surface area (TPSA) is 83.1 Å². The fourth-order valence-electron chi connectivity index (χ4n) is 1.85. The summed E-state index contributed by atoms with van der Waals surface area (Å²) in [6, 6.07) is 7.69. The molecule has 2 aromatic rings. The molecule has 1 amide bonds. The third kappa shape index (κ3) is 2.09. The van der Waals surface area contributed by atoms with E-state index < -0.39 is 0 Å². The van der Waals surface area contributed by atoms with Gasteiger partial charge in [0, 0.05) is 5.56 Å². The highest BCUT2D eigenvalue weighted by Gasteiger charge is 2.38. The van der Waals surface area contributed by atoms with Gasteiger partial charge < -0.3 is 4.42 Å². The number of rotatable bonds is 2. The number of thioether (sulfide) groups is 1. The monoisotopic (exact) mass is 288 g/mol. The number of nitrogens with one attached hydrogen (secondary N) is 1. The zero-order valence-electron chi connectivity index (χ0n) is 11.0. The zero-order chi connectivity index (χ0) is 14.3. The molecule has 20 heavy (non-hydrogen) atoms. The molecule has 2 heterocycles. The number of benzene rings is 1. The Morgan fingerprint density at radius 3 is 2.60 bits per heavy atom. The first kappa shape index (κ1) is 12.9. The van der Waals surface area contributed by atoms with Gasteiger partial charge in [0.15, 0.2) is 5.17 Å². The number of carbonyl (C=O) groups is 1. The molecule has 6 nitrogen and oxygen atoms in total. The fraction of sp³-hybridized carbons (Fsp3) is 0.231. The molecule has 0 aliphatic carbocycles. The lowest BCUT2D eigenvalue weighted by Gasteiger charge is -2.07. The first-order valence-electron chi connectivity index (χ1n) is 6.06. The minimum Gasteiger partial charge on any atom is -0.403 e. The summed E-state index contributed by atoms with van der Waals surface area (Å²) >= 11 is 1.17. The van der Waals surface area contributed by atoms with Crippen LogP contribution in [-0.2, 0) is 4.79 Å². The van der Waals surface area contributed by atoms with Gasteiger partial charge in [0.1, 0.15) is 0 Å². The summed E-state index contributed by atoms with van der Waals surface area (Å²) in [5.41, 5.74) is 1.92. The van der Waals surface area contributed by atoms with Gasteiger partial charge in [-0.05, 0) is 26.0 Å². The number of amidine groups is 1. The fourth-order valence-corrected chi connectivity index (χ4v) is 2.67. The summed E-state index contributed by atoms with van der Waals surface area (Å²) < 4.78 is 5.51. The Kier molecular flexibility index (Phi) is 3.06. The number of carbonyl (C=O) groups excluding carboxylic acids is 1. The molecule has 1 aliphatic heterocycles. The molecule has 1 aliphatic rings.